The summed E-state index contributed by atoms with van der Waals surface area (Å²) in [6.07, 6.45) is 0. The highest BCUT2D eigenvalue weighted by Crippen LogP contribution is 2.58. The molecule has 2 atom stereocenters. The lowest BCUT2D eigenvalue weighted by atomic mass is 9.88. The maximum absolute atomic E-state index is 11.7. The molecule has 9 heteroatoms. The van der Waals surface area contributed by atoms with E-state index in [0.717, 1.165) is 7.00 Å². The summed E-state index contributed by atoms with van der Waals surface area (Å²) in [5, 5.41) is -1.10. The Morgan fingerprint density at radius 2 is 1.57 bits per heavy atom. The number of hydrogen-bond acceptors (Lipinski definition) is 4. The van der Waals surface area contributed by atoms with Gasteiger partial charge in [0.05, 0.1) is 0 Å². The maximum atomic E-state index is 11.7. The molecule has 0 saturated carbocycles. The molecule has 0 bridgehead atoms. The van der Waals surface area contributed by atoms with Gasteiger partial charge in [-0.2, -0.15) is 0 Å². The van der Waals surface area contributed by atoms with Crippen LogP contribution in [0.15, 0.2) is 0 Å². The van der Waals surface area contributed by atoms with Crippen molar-refractivity contribution in [2.75, 3.05) is 14.2 Å². The summed E-state index contributed by atoms with van der Waals surface area (Å²) in [6, 6.07) is 0. The van der Waals surface area contributed by atoms with Crippen molar-refractivity contribution in [2.45, 2.75) is 18.9 Å². The molecule has 5 radical (unpaired) electrons. The zero-order valence-corrected chi connectivity index (χ0v) is 10.5. The van der Waals surface area contributed by atoms with Crippen LogP contribution in [0.5, 0.6) is 0 Å². The van der Waals surface area contributed by atoms with Crippen LogP contribution in [-0.4, -0.2) is 41.4 Å². The highest BCUT2D eigenvalue weighted by atomic mass is 31.2. The van der Waals surface area contributed by atoms with E-state index in [1.807, 2.05) is 0 Å². The minimum atomic E-state index is -3.37. The van der Waals surface area contributed by atoms with Crippen molar-refractivity contribution in [3.05, 3.63) is 0 Å². The third-order valence-electron chi connectivity index (χ3n) is 1.86. The predicted molar refractivity (Wildman–Crippen MR) is 60.6 cm³/mol. The Balaban J connectivity index is 4.83. The fourth-order valence-corrected chi connectivity index (χ4v) is 3.39. The Bertz CT molecular complexity index is 293. The van der Waals surface area contributed by atoms with Gasteiger partial charge in [0.15, 0.2) is 7.57 Å². The second-order valence-electron chi connectivity index (χ2n) is 3.39. The van der Waals surface area contributed by atoms with Crippen LogP contribution in [-0.2, 0) is 18.2 Å². The van der Waals surface area contributed by atoms with Crippen LogP contribution < -0.4 is 0 Å². The molecule has 0 saturated heterocycles. The summed E-state index contributed by atoms with van der Waals surface area (Å²) in [5.41, 5.74) is 0. The van der Waals surface area contributed by atoms with Gasteiger partial charge in [-0.25, -0.2) is 0 Å². The van der Waals surface area contributed by atoms with E-state index in [-0.39, 0.29) is 0 Å². The zero-order chi connectivity index (χ0) is 11.6. The summed E-state index contributed by atoms with van der Waals surface area (Å²) in [4.78, 5) is 0. The first-order chi connectivity index (χ1) is 6.08. The van der Waals surface area contributed by atoms with Crippen LogP contribution in [0.3, 0.4) is 0 Å². The van der Waals surface area contributed by atoms with E-state index < -0.39 is 19.4 Å². The Labute approximate surface area is 88.3 Å². The highest BCUT2D eigenvalue weighted by molar-refractivity contribution is 8.07. The smallest absolute Gasteiger partial charge is 0.235 e. The summed E-state index contributed by atoms with van der Waals surface area (Å²) >= 11 is 0. The van der Waals surface area contributed by atoms with Gasteiger partial charge in [0.25, 0.3) is 0 Å². The fraction of sp³-hybridized carbons (Fsp3) is 1.00. The van der Waals surface area contributed by atoms with Gasteiger partial charge in [-0.1, -0.05) is 13.8 Å². The lowest BCUT2D eigenvalue weighted by molar-refractivity contribution is 0.395. The zero-order valence-electron chi connectivity index (χ0n) is 8.76. The first-order valence-corrected chi connectivity index (χ1v) is 7.29. The molecule has 4 nitrogen and oxygen atoms in total. The molecule has 0 aromatic carbocycles. The van der Waals surface area contributed by atoms with E-state index >= 15 is 0 Å². The molecule has 0 heterocycles. The largest absolute Gasteiger partial charge is 0.347 e. The lowest BCUT2D eigenvalue weighted by Crippen LogP contribution is -2.30. The molecule has 0 rings (SSSR count). The average molecular weight is 231 g/mol. The second kappa shape index (κ2) is 4.61. The fourth-order valence-electron chi connectivity index (χ4n) is 0.809. The molecule has 0 aromatic heterocycles. The topological polar surface area (TPSA) is 52.6 Å². The normalized spacial score (nSPS) is 20.9. The lowest BCUT2D eigenvalue weighted by Gasteiger charge is -2.32. The van der Waals surface area contributed by atoms with Gasteiger partial charge in [0.1, 0.15) is 14.4 Å². The standard InChI is InChI=1S/C5H12B3O4P2/c1-5(2,13(6,9)11-3)8-14(7,10)12-4/h1-4H3. The Morgan fingerprint density at radius 1 is 1.14 bits per heavy atom. The molecule has 0 aliphatic carbocycles. The van der Waals surface area contributed by atoms with Crippen LogP contribution in [0.2, 0.25) is 0 Å². The summed E-state index contributed by atoms with van der Waals surface area (Å²) in [5.74, 6) is 0. The van der Waals surface area contributed by atoms with Crippen molar-refractivity contribution in [1.82, 2.24) is 0 Å². The second-order valence-corrected chi connectivity index (χ2v) is 8.02. The van der Waals surface area contributed by atoms with Gasteiger partial charge in [-0.15, -0.1) is 0 Å². The summed E-state index contributed by atoms with van der Waals surface area (Å²) < 4.78 is 32.3. The highest BCUT2D eigenvalue weighted by Gasteiger charge is 2.41. The van der Waals surface area contributed by atoms with E-state index in [4.69, 9.17) is 15.1 Å². The molecule has 0 aliphatic heterocycles. The minimum Gasteiger partial charge on any atom is -0.347 e. The molecule has 0 spiro atoms. The van der Waals surface area contributed by atoms with Gasteiger partial charge >= 0.3 is 0 Å². The number of rotatable bonds is 5. The molecule has 0 amide bonds. The van der Waals surface area contributed by atoms with Crippen molar-refractivity contribution in [3.8, 4) is 0 Å². The van der Waals surface area contributed by atoms with Crippen molar-refractivity contribution >= 4 is 36.5 Å². The third-order valence-corrected chi connectivity index (χ3v) is 5.91. The monoisotopic (exact) mass is 231 g/mol. The molecule has 0 fully saturated rings. The Morgan fingerprint density at radius 3 is 1.86 bits per heavy atom. The summed E-state index contributed by atoms with van der Waals surface area (Å²) in [7, 11) is 6.43. The molecular formula is C5H12B3O4P2. The molecule has 14 heavy (non-hydrogen) atoms. The van der Waals surface area contributed by atoms with E-state index in [1.54, 1.807) is 0 Å². The molecular weight excluding hydrogens is 218 g/mol. The minimum absolute atomic E-state index is 1.10. The van der Waals surface area contributed by atoms with Crippen molar-refractivity contribution in [1.29, 1.82) is 0 Å². The van der Waals surface area contributed by atoms with E-state index in [1.165, 1.54) is 28.1 Å². The molecule has 2 unspecified atom stereocenters. The van der Waals surface area contributed by atoms with Gasteiger partial charge in [-0.05, 0) is 0 Å². The molecule has 0 N–H and O–H groups in total. The summed E-state index contributed by atoms with van der Waals surface area (Å²) in [6.45, 7) is 4.19. The predicted octanol–water partition coefficient (Wildman–Crippen LogP) is 1.36. The first-order valence-electron chi connectivity index (χ1n) is 3.83. The molecule has 0 aliphatic rings. The van der Waals surface area contributed by atoms with Gasteiger partial charge in [0.2, 0.25) is 14.6 Å². The Hall–Kier alpha value is 0.575. The Kier molecular flexibility index (Phi) is 4.80. The van der Waals surface area contributed by atoms with Gasteiger partial charge in [0, 0.05) is 19.3 Å². The SMILES string of the molecule is [B]P(=O)([B]C(C)(C)P([B])(=O)OC)OC. The van der Waals surface area contributed by atoms with Crippen LogP contribution in [0, 0.1) is 0 Å². The van der Waals surface area contributed by atoms with Gasteiger partial charge in [-0.3, -0.25) is 0 Å². The van der Waals surface area contributed by atoms with E-state index in [0.29, 0.717) is 0 Å². The van der Waals surface area contributed by atoms with Crippen molar-refractivity contribution in [3.63, 3.8) is 0 Å². The van der Waals surface area contributed by atoms with Crippen LogP contribution in [0.1, 0.15) is 13.8 Å². The van der Waals surface area contributed by atoms with E-state index in [9.17, 15) is 9.13 Å². The van der Waals surface area contributed by atoms with Gasteiger partial charge < -0.3 is 18.2 Å². The van der Waals surface area contributed by atoms with Crippen molar-refractivity contribution < 1.29 is 18.2 Å². The van der Waals surface area contributed by atoms with Crippen molar-refractivity contribution in [2.24, 2.45) is 0 Å². The van der Waals surface area contributed by atoms with Crippen LogP contribution in [0.25, 0.3) is 0 Å². The number of hydrogen-bond donors (Lipinski definition) is 0. The maximum Gasteiger partial charge on any atom is 0.235 e. The van der Waals surface area contributed by atoms with Crippen LogP contribution in [0.4, 0.5) is 0 Å². The quantitative estimate of drug-likeness (QED) is 0.529. The molecule has 0 aromatic rings. The third kappa shape index (κ3) is 3.62. The van der Waals surface area contributed by atoms with E-state index in [2.05, 4.69) is 9.05 Å². The first kappa shape index (κ1) is 14.6. The average Bonchev–Trinajstić information content (AvgIpc) is 2.02. The molecule has 75 valence electrons. The van der Waals surface area contributed by atoms with Crippen LogP contribution >= 0.6 is 14.4 Å².